The van der Waals surface area contributed by atoms with Gasteiger partial charge in [-0.2, -0.15) is 5.10 Å². The van der Waals surface area contributed by atoms with Gasteiger partial charge in [0.25, 0.3) is 5.91 Å². The molecule has 124 valence electrons. The minimum atomic E-state index is -1.45. The minimum absolute atomic E-state index is 0.0139. The van der Waals surface area contributed by atoms with Crippen molar-refractivity contribution in [3.05, 3.63) is 53.3 Å². The number of hydrogen-bond donors (Lipinski definition) is 1. The number of aromatic nitrogens is 1. The van der Waals surface area contributed by atoms with Crippen LogP contribution in [0.5, 0.6) is 11.5 Å². The van der Waals surface area contributed by atoms with E-state index in [2.05, 4.69) is 15.5 Å². The number of nitrogens with one attached hydrogen (secondary N) is 1. The SMILES string of the molecule is COc1ccc(C=NNC(=O)c2cccnc2)c(C(=O)[O-])c1OC. The highest BCUT2D eigenvalue weighted by atomic mass is 16.5. The number of benzene rings is 1. The monoisotopic (exact) mass is 328 g/mol. The van der Waals surface area contributed by atoms with Crippen molar-refractivity contribution in [1.82, 2.24) is 10.4 Å². The zero-order chi connectivity index (χ0) is 17.5. The molecule has 0 unspecified atom stereocenters. The van der Waals surface area contributed by atoms with Crippen LogP contribution in [-0.2, 0) is 0 Å². The Labute approximate surface area is 137 Å². The van der Waals surface area contributed by atoms with E-state index in [9.17, 15) is 14.7 Å². The molecule has 0 atom stereocenters. The summed E-state index contributed by atoms with van der Waals surface area (Å²) in [5.41, 5.74) is 2.57. The molecule has 0 aliphatic rings. The van der Waals surface area contributed by atoms with Gasteiger partial charge in [0.2, 0.25) is 0 Å². The summed E-state index contributed by atoms with van der Waals surface area (Å²) in [7, 11) is 2.70. The number of methoxy groups -OCH3 is 2. The topological polar surface area (TPSA) is 113 Å². The summed E-state index contributed by atoms with van der Waals surface area (Å²) in [6, 6.07) is 6.17. The molecule has 0 saturated carbocycles. The van der Waals surface area contributed by atoms with E-state index in [0.717, 1.165) is 0 Å². The second kappa shape index (κ2) is 7.73. The molecule has 1 N–H and O–H groups in total. The summed E-state index contributed by atoms with van der Waals surface area (Å²) in [6.45, 7) is 0. The summed E-state index contributed by atoms with van der Waals surface area (Å²) in [5, 5.41) is 15.1. The molecule has 0 aliphatic carbocycles. The number of nitrogens with zero attached hydrogens (tertiary/aromatic N) is 2. The van der Waals surface area contributed by atoms with Crippen LogP contribution in [0.3, 0.4) is 0 Å². The minimum Gasteiger partial charge on any atom is -0.545 e. The Balaban J connectivity index is 2.26. The Morgan fingerprint density at radius 1 is 1.25 bits per heavy atom. The molecule has 0 fully saturated rings. The molecule has 0 radical (unpaired) electrons. The first-order chi connectivity index (χ1) is 11.6. The van der Waals surface area contributed by atoms with E-state index in [1.165, 1.54) is 45.0 Å². The molecular formula is C16H14N3O5-. The van der Waals surface area contributed by atoms with Gasteiger partial charge in [-0.1, -0.05) is 0 Å². The number of hydrazone groups is 1. The van der Waals surface area contributed by atoms with Crippen molar-refractivity contribution in [2.75, 3.05) is 14.2 Å². The number of carboxylic acids is 1. The molecule has 1 aromatic carbocycles. The lowest BCUT2D eigenvalue weighted by Gasteiger charge is -2.15. The Morgan fingerprint density at radius 2 is 2.04 bits per heavy atom. The second-order valence-electron chi connectivity index (χ2n) is 4.49. The number of rotatable bonds is 6. The molecule has 8 nitrogen and oxygen atoms in total. The zero-order valence-electron chi connectivity index (χ0n) is 13.0. The average molecular weight is 328 g/mol. The van der Waals surface area contributed by atoms with Gasteiger partial charge < -0.3 is 19.4 Å². The first kappa shape index (κ1) is 16.9. The summed E-state index contributed by atoms with van der Waals surface area (Å²) in [6.07, 6.45) is 4.10. The van der Waals surface area contributed by atoms with Crippen molar-refractivity contribution < 1.29 is 24.2 Å². The third-order valence-corrected chi connectivity index (χ3v) is 3.08. The molecule has 24 heavy (non-hydrogen) atoms. The molecular weight excluding hydrogens is 314 g/mol. The van der Waals surface area contributed by atoms with Crippen LogP contribution in [0, 0.1) is 0 Å². The highest BCUT2D eigenvalue weighted by Crippen LogP contribution is 2.32. The lowest BCUT2D eigenvalue weighted by atomic mass is 10.1. The summed E-state index contributed by atoms with van der Waals surface area (Å²) < 4.78 is 10.1. The maximum absolute atomic E-state index is 11.8. The fourth-order valence-electron chi connectivity index (χ4n) is 1.98. The molecule has 2 aromatic rings. The quantitative estimate of drug-likeness (QED) is 0.600. The third kappa shape index (κ3) is 3.67. The van der Waals surface area contributed by atoms with Gasteiger partial charge in [0.1, 0.15) is 0 Å². The number of amides is 1. The normalized spacial score (nSPS) is 10.4. The van der Waals surface area contributed by atoms with Gasteiger partial charge in [-0.05, 0) is 24.3 Å². The van der Waals surface area contributed by atoms with Gasteiger partial charge in [0, 0.05) is 18.0 Å². The van der Waals surface area contributed by atoms with Gasteiger partial charge in [-0.15, -0.1) is 0 Å². The molecule has 0 aliphatic heterocycles. The molecule has 0 bridgehead atoms. The Hall–Kier alpha value is -3.42. The number of carboxylic acid groups (broad SMARTS) is 1. The van der Waals surface area contributed by atoms with E-state index in [1.54, 1.807) is 12.1 Å². The summed E-state index contributed by atoms with van der Waals surface area (Å²) >= 11 is 0. The number of carbonyl (C=O) groups excluding carboxylic acids is 2. The molecule has 1 heterocycles. The van der Waals surface area contributed by atoms with Crippen LogP contribution in [0.4, 0.5) is 0 Å². The van der Waals surface area contributed by atoms with E-state index in [4.69, 9.17) is 9.47 Å². The standard InChI is InChI=1S/C16H15N3O5/c1-23-12-6-5-10(13(16(21)22)14(12)24-2)9-18-19-15(20)11-4-3-7-17-8-11/h3-9H,1-2H3,(H,19,20)(H,21,22)/p-1. The smallest absolute Gasteiger partial charge is 0.272 e. The van der Waals surface area contributed by atoms with E-state index in [-0.39, 0.29) is 22.6 Å². The zero-order valence-corrected chi connectivity index (χ0v) is 13.0. The number of aromatic carboxylic acids is 1. The lowest BCUT2D eigenvalue weighted by molar-refractivity contribution is -0.255. The van der Waals surface area contributed by atoms with Crippen LogP contribution in [0.25, 0.3) is 0 Å². The van der Waals surface area contributed by atoms with Crippen LogP contribution in [0.1, 0.15) is 26.3 Å². The van der Waals surface area contributed by atoms with Crippen LogP contribution in [0.15, 0.2) is 41.8 Å². The maximum Gasteiger partial charge on any atom is 0.272 e. The van der Waals surface area contributed by atoms with Gasteiger partial charge in [-0.3, -0.25) is 9.78 Å². The molecule has 0 saturated heterocycles. The van der Waals surface area contributed by atoms with E-state index in [0.29, 0.717) is 5.56 Å². The van der Waals surface area contributed by atoms with E-state index < -0.39 is 11.9 Å². The second-order valence-corrected chi connectivity index (χ2v) is 4.49. The highest BCUT2D eigenvalue weighted by molar-refractivity contribution is 6.01. The number of carbonyl (C=O) groups is 2. The van der Waals surface area contributed by atoms with Crippen molar-refractivity contribution >= 4 is 18.1 Å². The molecule has 2 rings (SSSR count). The lowest BCUT2D eigenvalue weighted by Crippen LogP contribution is -2.25. The highest BCUT2D eigenvalue weighted by Gasteiger charge is 2.15. The number of ether oxygens (including phenoxy) is 2. The number of pyridine rings is 1. The van der Waals surface area contributed by atoms with E-state index >= 15 is 0 Å². The van der Waals surface area contributed by atoms with Crippen LogP contribution in [-0.4, -0.2) is 37.3 Å². The van der Waals surface area contributed by atoms with E-state index in [1.807, 2.05) is 0 Å². The fraction of sp³-hybridized carbons (Fsp3) is 0.125. The van der Waals surface area contributed by atoms with Crippen LogP contribution < -0.4 is 20.0 Å². The van der Waals surface area contributed by atoms with Gasteiger partial charge >= 0.3 is 0 Å². The van der Waals surface area contributed by atoms with Crippen LogP contribution >= 0.6 is 0 Å². The molecule has 1 amide bonds. The van der Waals surface area contributed by atoms with Crippen molar-refractivity contribution in [2.45, 2.75) is 0 Å². The maximum atomic E-state index is 11.8. The van der Waals surface area contributed by atoms with Gasteiger partial charge in [-0.25, -0.2) is 5.43 Å². The summed E-state index contributed by atoms with van der Waals surface area (Å²) in [5.74, 6) is -1.67. The number of hydrogen-bond acceptors (Lipinski definition) is 7. The van der Waals surface area contributed by atoms with Crippen molar-refractivity contribution in [1.29, 1.82) is 0 Å². The first-order valence-electron chi connectivity index (χ1n) is 6.78. The largest absolute Gasteiger partial charge is 0.545 e. The Kier molecular flexibility index (Phi) is 5.45. The van der Waals surface area contributed by atoms with Crippen molar-refractivity contribution in [2.24, 2.45) is 5.10 Å². The first-order valence-corrected chi connectivity index (χ1v) is 6.78. The van der Waals surface area contributed by atoms with Gasteiger partial charge in [0.15, 0.2) is 11.5 Å². The third-order valence-electron chi connectivity index (χ3n) is 3.08. The molecule has 8 heteroatoms. The average Bonchev–Trinajstić information content (AvgIpc) is 2.61. The van der Waals surface area contributed by atoms with Crippen molar-refractivity contribution in [3.63, 3.8) is 0 Å². The predicted octanol–water partition coefficient (Wildman–Crippen LogP) is 0.226. The Morgan fingerprint density at radius 3 is 2.62 bits per heavy atom. The van der Waals surface area contributed by atoms with Crippen molar-refractivity contribution in [3.8, 4) is 11.5 Å². The molecule has 1 aromatic heterocycles. The Bertz CT molecular complexity index is 775. The fourth-order valence-corrected chi connectivity index (χ4v) is 1.98. The van der Waals surface area contributed by atoms with Crippen LogP contribution in [0.2, 0.25) is 0 Å². The predicted molar refractivity (Wildman–Crippen MR) is 83.2 cm³/mol. The molecule has 0 spiro atoms. The van der Waals surface area contributed by atoms with Gasteiger partial charge in [0.05, 0.1) is 37.5 Å². The summed E-state index contributed by atoms with van der Waals surface area (Å²) in [4.78, 5) is 27.0.